The third-order valence-corrected chi connectivity index (χ3v) is 8.34. The van der Waals surface area contributed by atoms with Crippen molar-refractivity contribution in [3.8, 4) is 0 Å². The lowest BCUT2D eigenvalue weighted by atomic mass is 9.78. The number of alkyl halides is 3. The number of carbonyl (C=O) groups excluding carboxylic acids is 1. The summed E-state index contributed by atoms with van der Waals surface area (Å²) in [7, 11) is 1.76. The molecule has 1 unspecified atom stereocenters. The number of hydrogen-bond acceptors (Lipinski definition) is 4. The molecule has 1 saturated heterocycles. The number of carbonyl (C=O) groups is 1. The van der Waals surface area contributed by atoms with E-state index in [2.05, 4.69) is 29.8 Å². The Morgan fingerprint density at radius 3 is 2.67 bits per heavy atom. The normalized spacial score (nSPS) is 20.1. The first kappa shape index (κ1) is 27.4. The number of likely N-dealkylation sites (tertiary alicyclic amines) is 1. The van der Waals surface area contributed by atoms with Gasteiger partial charge in [0, 0.05) is 57.6 Å². The number of halogens is 3. The first-order valence-electron chi connectivity index (χ1n) is 13.6. The van der Waals surface area contributed by atoms with Gasteiger partial charge in [-0.15, -0.1) is 0 Å². The summed E-state index contributed by atoms with van der Waals surface area (Å²) >= 11 is 0. The van der Waals surface area contributed by atoms with Crippen LogP contribution in [-0.4, -0.2) is 44.9 Å². The van der Waals surface area contributed by atoms with E-state index in [1.807, 2.05) is 18.2 Å². The van der Waals surface area contributed by atoms with E-state index in [9.17, 15) is 22.8 Å². The first-order chi connectivity index (χ1) is 18.4. The van der Waals surface area contributed by atoms with Crippen molar-refractivity contribution in [3.63, 3.8) is 0 Å². The highest BCUT2D eigenvalue weighted by Crippen LogP contribution is 2.40. The molecule has 39 heavy (non-hydrogen) atoms. The topological polar surface area (TPSA) is 58.4 Å². The van der Waals surface area contributed by atoms with Gasteiger partial charge in [0.2, 0.25) is 5.91 Å². The minimum absolute atomic E-state index is 0.0437. The second-order valence-electron chi connectivity index (χ2n) is 11.6. The van der Waals surface area contributed by atoms with E-state index in [1.54, 1.807) is 22.6 Å². The SMILES string of the molecule is CC(C)CCC1(C(=O)N2CCc3ncc(C(F)(F)F)cc3C2)CCN(Cc2ccc3c(ccc(=O)n3C)c2)C1. The predicted octanol–water partition coefficient (Wildman–Crippen LogP) is 5.17. The summed E-state index contributed by atoms with van der Waals surface area (Å²) in [6, 6.07) is 10.7. The molecule has 0 bridgehead atoms. The van der Waals surface area contributed by atoms with Crippen molar-refractivity contribution in [1.82, 2.24) is 19.4 Å². The van der Waals surface area contributed by atoms with Crippen LogP contribution in [0, 0.1) is 11.3 Å². The van der Waals surface area contributed by atoms with Crippen molar-refractivity contribution in [2.75, 3.05) is 19.6 Å². The summed E-state index contributed by atoms with van der Waals surface area (Å²) in [5.74, 6) is 0.485. The fraction of sp³-hybridized carbons (Fsp3) is 0.500. The fourth-order valence-electron chi connectivity index (χ4n) is 6.02. The van der Waals surface area contributed by atoms with Crippen LogP contribution in [0.4, 0.5) is 13.2 Å². The Bertz CT molecular complexity index is 1450. The van der Waals surface area contributed by atoms with E-state index in [0.717, 1.165) is 54.5 Å². The maximum atomic E-state index is 14.1. The van der Waals surface area contributed by atoms with Crippen molar-refractivity contribution in [1.29, 1.82) is 0 Å². The molecule has 0 radical (unpaired) electrons. The number of hydrogen-bond donors (Lipinski definition) is 0. The molecule has 9 heteroatoms. The number of benzene rings is 1. The fourth-order valence-corrected chi connectivity index (χ4v) is 6.02. The van der Waals surface area contributed by atoms with Crippen molar-refractivity contribution in [2.45, 2.75) is 58.8 Å². The van der Waals surface area contributed by atoms with E-state index < -0.39 is 17.2 Å². The lowest BCUT2D eigenvalue weighted by Crippen LogP contribution is -2.47. The van der Waals surface area contributed by atoms with Gasteiger partial charge in [-0.1, -0.05) is 19.9 Å². The number of amides is 1. The summed E-state index contributed by atoms with van der Waals surface area (Å²) in [5, 5.41) is 0.995. The molecule has 6 nitrogen and oxygen atoms in total. The van der Waals surface area contributed by atoms with Gasteiger partial charge in [-0.3, -0.25) is 19.5 Å². The Morgan fingerprint density at radius 1 is 1.13 bits per heavy atom. The zero-order valence-corrected chi connectivity index (χ0v) is 22.7. The first-order valence-corrected chi connectivity index (χ1v) is 13.6. The maximum absolute atomic E-state index is 14.1. The summed E-state index contributed by atoms with van der Waals surface area (Å²) in [5.41, 5.74) is 1.75. The van der Waals surface area contributed by atoms with Crippen LogP contribution in [-0.2, 0) is 37.5 Å². The summed E-state index contributed by atoms with van der Waals surface area (Å²) in [6.07, 6.45) is -0.719. The van der Waals surface area contributed by atoms with Crippen LogP contribution in [0.25, 0.3) is 10.9 Å². The van der Waals surface area contributed by atoms with Crippen molar-refractivity contribution in [3.05, 3.63) is 75.3 Å². The molecule has 4 heterocycles. The van der Waals surface area contributed by atoms with Gasteiger partial charge in [0.1, 0.15) is 0 Å². The molecule has 5 rings (SSSR count). The van der Waals surface area contributed by atoms with Crippen LogP contribution >= 0.6 is 0 Å². The van der Waals surface area contributed by atoms with Crippen LogP contribution in [0.3, 0.4) is 0 Å². The third-order valence-electron chi connectivity index (χ3n) is 8.34. The largest absolute Gasteiger partial charge is 0.417 e. The third kappa shape index (κ3) is 5.60. The standard InChI is InChI=1S/C30H35F3N4O2/c1-20(2)8-10-29(28(39)37-12-9-25-23(18-37)15-24(16-34-25)30(31,32)33)11-13-36(19-29)17-21-4-6-26-22(14-21)5-7-27(38)35(26)3/h4-7,14-16,20H,8-13,17-19H2,1-3H3. The van der Waals surface area contributed by atoms with E-state index >= 15 is 0 Å². The molecular formula is C30H35F3N4O2. The highest BCUT2D eigenvalue weighted by atomic mass is 19.4. The lowest BCUT2D eigenvalue weighted by Gasteiger charge is -2.37. The number of pyridine rings is 2. The number of fused-ring (bicyclic) bond motifs is 2. The van der Waals surface area contributed by atoms with Gasteiger partial charge in [-0.25, -0.2) is 0 Å². The molecule has 0 aliphatic carbocycles. The summed E-state index contributed by atoms with van der Waals surface area (Å²) in [6.45, 7) is 7.02. The van der Waals surface area contributed by atoms with E-state index in [-0.39, 0.29) is 18.0 Å². The Hall–Kier alpha value is -3.20. The molecule has 0 spiro atoms. The van der Waals surface area contributed by atoms with E-state index in [0.29, 0.717) is 43.2 Å². The average molecular weight is 541 g/mol. The summed E-state index contributed by atoms with van der Waals surface area (Å²) < 4.78 is 41.5. The smallest absolute Gasteiger partial charge is 0.337 e. The molecular weight excluding hydrogens is 505 g/mol. The molecule has 2 aromatic heterocycles. The molecule has 0 N–H and O–H groups in total. The van der Waals surface area contributed by atoms with E-state index in [4.69, 9.17) is 0 Å². The zero-order chi connectivity index (χ0) is 27.9. The Balaban J connectivity index is 1.35. The van der Waals surface area contributed by atoms with Crippen molar-refractivity contribution >= 4 is 16.8 Å². The second kappa shape index (κ2) is 10.4. The highest BCUT2D eigenvalue weighted by Gasteiger charge is 2.46. The van der Waals surface area contributed by atoms with Gasteiger partial charge in [0.05, 0.1) is 16.5 Å². The number of aromatic nitrogens is 2. The minimum atomic E-state index is -4.46. The lowest BCUT2D eigenvalue weighted by molar-refractivity contribution is -0.143. The van der Waals surface area contributed by atoms with Gasteiger partial charge in [-0.05, 0) is 72.5 Å². The van der Waals surface area contributed by atoms with Crippen molar-refractivity contribution in [2.24, 2.45) is 18.4 Å². The monoisotopic (exact) mass is 540 g/mol. The molecule has 1 amide bonds. The molecule has 3 aromatic rings. The Kier molecular flexibility index (Phi) is 7.31. The van der Waals surface area contributed by atoms with Gasteiger partial charge >= 0.3 is 6.18 Å². The van der Waals surface area contributed by atoms with Crippen LogP contribution in [0.15, 0.2) is 47.4 Å². The Labute approximate surface area is 226 Å². The number of aryl methyl sites for hydroxylation is 1. The Morgan fingerprint density at radius 2 is 1.92 bits per heavy atom. The van der Waals surface area contributed by atoms with Crippen LogP contribution in [0.1, 0.15) is 55.5 Å². The van der Waals surface area contributed by atoms with Crippen LogP contribution in [0.5, 0.6) is 0 Å². The maximum Gasteiger partial charge on any atom is 0.417 e. The second-order valence-corrected chi connectivity index (χ2v) is 11.6. The van der Waals surface area contributed by atoms with Gasteiger partial charge in [-0.2, -0.15) is 13.2 Å². The van der Waals surface area contributed by atoms with Gasteiger partial charge < -0.3 is 9.47 Å². The molecule has 208 valence electrons. The minimum Gasteiger partial charge on any atom is -0.337 e. The summed E-state index contributed by atoms with van der Waals surface area (Å²) in [4.78, 5) is 34.2. The number of rotatable bonds is 6. The molecule has 1 atom stereocenters. The zero-order valence-electron chi connectivity index (χ0n) is 22.7. The van der Waals surface area contributed by atoms with Gasteiger partial charge in [0.15, 0.2) is 0 Å². The predicted molar refractivity (Wildman–Crippen MR) is 144 cm³/mol. The number of nitrogens with zero attached hydrogens (tertiary/aromatic N) is 4. The molecule has 0 saturated carbocycles. The van der Waals surface area contributed by atoms with Crippen LogP contribution in [0.2, 0.25) is 0 Å². The molecule has 1 aromatic carbocycles. The van der Waals surface area contributed by atoms with Crippen LogP contribution < -0.4 is 5.56 Å². The molecule has 2 aliphatic rings. The van der Waals surface area contributed by atoms with Gasteiger partial charge in [0.25, 0.3) is 5.56 Å². The molecule has 1 fully saturated rings. The molecule has 2 aliphatic heterocycles. The van der Waals surface area contributed by atoms with Crippen molar-refractivity contribution < 1.29 is 18.0 Å². The van der Waals surface area contributed by atoms with E-state index in [1.165, 1.54) is 0 Å². The quantitative estimate of drug-likeness (QED) is 0.433. The average Bonchev–Trinajstić information content (AvgIpc) is 3.32. The highest BCUT2D eigenvalue weighted by molar-refractivity contribution is 5.84.